The van der Waals surface area contributed by atoms with Crippen LogP contribution < -0.4 is 33.2 Å². The number of H-pyrrole nitrogens is 1. The number of nitrogens with two attached hydrogens (primary N) is 3. The summed E-state index contributed by atoms with van der Waals surface area (Å²) in [6.45, 7) is 3.85. The number of nitrogens with one attached hydrogen (secondary N) is 4. The van der Waals surface area contributed by atoms with Gasteiger partial charge in [-0.1, -0.05) is 50.6 Å². The number of benzene rings is 1. The molecule has 0 radical (unpaired) electrons. The number of imidazole rings is 1. The minimum atomic E-state index is -1.23. The summed E-state index contributed by atoms with van der Waals surface area (Å²) >= 11 is 0. The number of aliphatic imine (C=N–C) groups is 1. The molecular weight excluding hydrogens is 530 g/mol. The predicted molar refractivity (Wildman–Crippen MR) is 153 cm³/mol. The van der Waals surface area contributed by atoms with Crippen molar-refractivity contribution >= 4 is 29.7 Å². The van der Waals surface area contributed by atoms with Crippen molar-refractivity contribution in [3.63, 3.8) is 0 Å². The van der Waals surface area contributed by atoms with Gasteiger partial charge in [0.25, 0.3) is 0 Å². The average molecular weight is 572 g/mol. The molecule has 0 fully saturated rings. The quantitative estimate of drug-likeness (QED) is 0.0669. The first-order chi connectivity index (χ1) is 19.5. The molecule has 0 spiro atoms. The van der Waals surface area contributed by atoms with Gasteiger partial charge in [0.2, 0.25) is 17.7 Å². The van der Waals surface area contributed by atoms with Crippen LogP contribution in [0, 0.1) is 5.92 Å². The number of aromatic amines is 1. The van der Waals surface area contributed by atoms with Gasteiger partial charge < -0.3 is 43.2 Å². The molecule has 0 saturated carbocycles. The first-order valence-corrected chi connectivity index (χ1v) is 13.5. The topological polar surface area (TPSA) is 244 Å². The molecule has 1 aromatic carbocycles. The SMILES string of the molecule is CCC(C)C(NC(=O)C(N)Cc1cnc[nH]1)C(=O)NC(CCCN=C(N)N)C(=O)NC(Cc1ccccc1)C(=O)O. The van der Waals surface area contributed by atoms with Crippen molar-refractivity contribution in [2.45, 2.75) is 70.1 Å². The van der Waals surface area contributed by atoms with Gasteiger partial charge in [0.1, 0.15) is 18.1 Å². The van der Waals surface area contributed by atoms with Gasteiger partial charge in [0.05, 0.1) is 12.4 Å². The number of rotatable bonds is 17. The molecule has 41 heavy (non-hydrogen) atoms. The number of hydrogen-bond donors (Lipinski definition) is 8. The number of carboxylic acids is 1. The van der Waals surface area contributed by atoms with Crippen LogP contribution in [0.25, 0.3) is 0 Å². The van der Waals surface area contributed by atoms with E-state index in [0.717, 1.165) is 5.56 Å². The van der Waals surface area contributed by atoms with Crippen LogP contribution in [-0.4, -0.2) is 75.4 Å². The molecule has 5 atom stereocenters. The van der Waals surface area contributed by atoms with Crippen molar-refractivity contribution in [3.8, 4) is 0 Å². The Hall–Kier alpha value is -4.46. The zero-order valence-electron chi connectivity index (χ0n) is 23.4. The molecule has 1 aromatic heterocycles. The third kappa shape index (κ3) is 11.3. The van der Waals surface area contributed by atoms with Crippen molar-refractivity contribution in [1.29, 1.82) is 0 Å². The number of nitrogens with zero attached hydrogens (tertiary/aromatic N) is 2. The second-order valence-corrected chi connectivity index (χ2v) is 9.86. The summed E-state index contributed by atoms with van der Waals surface area (Å²) in [6.07, 6.45) is 4.26. The summed E-state index contributed by atoms with van der Waals surface area (Å²) in [5.41, 5.74) is 18.2. The Morgan fingerprint density at radius 3 is 2.27 bits per heavy atom. The fourth-order valence-electron chi connectivity index (χ4n) is 4.04. The Balaban J connectivity index is 2.17. The lowest BCUT2D eigenvalue weighted by atomic mass is 9.96. The van der Waals surface area contributed by atoms with Gasteiger partial charge in [-0.2, -0.15) is 0 Å². The van der Waals surface area contributed by atoms with E-state index in [0.29, 0.717) is 18.5 Å². The van der Waals surface area contributed by atoms with Crippen molar-refractivity contribution in [2.24, 2.45) is 28.1 Å². The number of aliphatic carboxylic acids is 1. The number of aromatic nitrogens is 2. The molecule has 0 saturated heterocycles. The van der Waals surface area contributed by atoms with Crippen LogP contribution in [-0.2, 0) is 32.0 Å². The lowest BCUT2D eigenvalue weighted by molar-refractivity contribution is -0.142. The molecule has 2 rings (SSSR count). The lowest BCUT2D eigenvalue weighted by Crippen LogP contribution is -2.59. The molecule has 224 valence electrons. The highest BCUT2D eigenvalue weighted by molar-refractivity contribution is 5.94. The average Bonchev–Trinajstić information content (AvgIpc) is 3.45. The molecule has 2 aromatic rings. The van der Waals surface area contributed by atoms with Gasteiger partial charge in [0, 0.05) is 31.3 Å². The highest BCUT2D eigenvalue weighted by Gasteiger charge is 2.32. The maximum Gasteiger partial charge on any atom is 0.326 e. The largest absolute Gasteiger partial charge is 0.480 e. The van der Waals surface area contributed by atoms with E-state index in [4.69, 9.17) is 17.2 Å². The summed E-state index contributed by atoms with van der Waals surface area (Å²) in [5.74, 6) is -3.45. The third-order valence-electron chi connectivity index (χ3n) is 6.60. The second-order valence-electron chi connectivity index (χ2n) is 9.86. The van der Waals surface area contributed by atoms with Gasteiger partial charge >= 0.3 is 5.97 Å². The number of carbonyl (C=O) groups excluding carboxylic acids is 3. The molecule has 0 aliphatic rings. The first-order valence-electron chi connectivity index (χ1n) is 13.5. The van der Waals surface area contributed by atoms with E-state index in [9.17, 15) is 24.3 Å². The Morgan fingerprint density at radius 1 is 1.00 bits per heavy atom. The van der Waals surface area contributed by atoms with Crippen LogP contribution >= 0.6 is 0 Å². The first kappa shape index (κ1) is 32.8. The standard InChI is InChI=1S/C27H41N9O5/c1-3-16(2)22(36-23(37)19(28)13-18-14-31-15-33-18)25(39)34-20(10-7-11-32-27(29)30)24(38)35-21(26(40)41)12-17-8-5-4-6-9-17/h4-6,8-9,14-16,19-22H,3,7,10-13,28H2,1-2H3,(H,31,33)(H,34,39)(H,35,38)(H,36,37)(H,40,41)(H4,29,30,32). The van der Waals surface area contributed by atoms with Crippen LogP contribution in [0.4, 0.5) is 0 Å². The fourth-order valence-corrected chi connectivity index (χ4v) is 4.04. The Labute approximate surface area is 238 Å². The Bertz CT molecular complexity index is 1150. The van der Waals surface area contributed by atoms with Crippen LogP contribution in [0.5, 0.6) is 0 Å². The van der Waals surface area contributed by atoms with E-state index in [2.05, 4.69) is 30.9 Å². The zero-order valence-corrected chi connectivity index (χ0v) is 23.4. The summed E-state index contributed by atoms with van der Waals surface area (Å²) in [5, 5.41) is 17.7. The number of guanidine groups is 1. The summed E-state index contributed by atoms with van der Waals surface area (Å²) in [7, 11) is 0. The minimum absolute atomic E-state index is 0.0519. The number of hydrogen-bond acceptors (Lipinski definition) is 7. The van der Waals surface area contributed by atoms with E-state index in [1.54, 1.807) is 43.5 Å². The van der Waals surface area contributed by atoms with Crippen LogP contribution in [0.3, 0.4) is 0 Å². The molecule has 14 heteroatoms. The molecule has 3 amide bonds. The second kappa shape index (κ2) is 16.6. The van der Waals surface area contributed by atoms with Crippen molar-refractivity contribution in [1.82, 2.24) is 25.9 Å². The van der Waals surface area contributed by atoms with Crippen molar-refractivity contribution in [3.05, 3.63) is 54.1 Å². The monoisotopic (exact) mass is 571 g/mol. The van der Waals surface area contributed by atoms with Gasteiger partial charge in [-0.3, -0.25) is 19.4 Å². The summed E-state index contributed by atoms with van der Waals surface area (Å²) in [6, 6.07) is 4.58. The fraction of sp³-hybridized carbons (Fsp3) is 0.481. The number of carboxylic acid groups (broad SMARTS) is 1. The molecule has 14 nitrogen and oxygen atoms in total. The normalized spacial score (nSPS) is 14.5. The maximum absolute atomic E-state index is 13.4. The maximum atomic E-state index is 13.4. The van der Waals surface area contributed by atoms with Gasteiger partial charge in [-0.25, -0.2) is 9.78 Å². The zero-order chi connectivity index (χ0) is 30.4. The summed E-state index contributed by atoms with van der Waals surface area (Å²) in [4.78, 5) is 62.2. The molecule has 0 bridgehead atoms. The highest BCUT2D eigenvalue weighted by atomic mass is 16.4. The lowest BCUT2D eigenvalue weighted by Gasteiger charge is -2.28. The van der Waals surface area contributed by atoms with Crippen molar-refractivity contribution < 1.29 is 24.3 Å². The van der Waals surface area contributed by atoms with Crippen LogP contribution in [0.15, 0.2) is 47.8 Å². The van der Waals surface area contributed by atoms with Crippen LogP contribution in [0.2, 0.25) is 0 Å². The van der Waals surface area contributed by atoms with Gasteiger partial charge in [-0.15, -0.1) is 0 Å². The van der Waals surface area contributed by atoms with E-state index in [1.807, 2.05) is 6.92 Å². The Kier molecular flexibility index (Phi) is 13.3. The van der Waals surface area contributed by atoms with E-state index in [-0.39, 0.29) is 37.7 Å². The summed E-state index contributed by atoms with van der Waals surface area (Å²) < 4.78 is 0. The van der Waals surface area contributed by atoms with Crippen LogP contribution in [0.1, 0.15) is 44.4 Å². The third-order valence-corrected chi connectivity index (χ3v) is 6.60. The van der Waals surface area contributed by atoms with Crippen molar-refractivity contribution in [2.75, 3.05) is 6.54 Å². The van der Waals surface area contributed by atoms with Gasteiger partial charge in [0.15, 0.2) is 5.96 Å². The molecule has 0 aliphatic carbocycles. The molecule has 1 heterocycles. The Morgan fingerprint density at radius 2 is 1.68 bits per heavy atom. The molecule has 11 N–H and O–H groups in total. The van der Waals surface area contributed by atoms with Gasteiger partial charge in [-0.05, 0) is 24.3 Å². The van der Waals surface area contributed by atoms with E-state index < -0.39 is 47.9 Å². The molecule has 0 aliphatic heterocycles. The number of carbonyl (C=O) groups is 4. The molecular formula is C27H41N9O5. The minimum Gasteiger partial charge on any atom is -0.480 e. The predicted octanol–water partition coefficient (Wildman–Crippen LogP) is -0.839. The molecule has 5 unspecified atom stereocenters. The van der Waals surface area contributed by atoms with E-state index in [1.165, 1.54) is 6.33 Å². The smallest absolute Gasteiger partial charge is 0.326 e. The van der Waals surface area contributed by atoms with E-state index >= 15 is 0 Å². The number of amides is 3. The highest BCUT2D eigenvalue weighted by Crippen LogP contribution is 2.11.